The Bertz CT molecular complexity index is 514. The summed E-state index contributed by atoms with van der Waals surface area (Å²) in [5, 5.41) is 12.6. The highest BCUT2D eigenvalue weighted by atomic mass is 16.5. The normalized spacial score (nSPS) is 22.6. The maximum atomic E-state index is 12.4. The quantitative estimate of drug-likeness (QED) is 0.902. The molecule has 0 spiro atoms. The molecule has 0 aromatic heterocycles. The van der Waals surface area contributed by atoms with Gasteiger partial charge in [0.1, 0.15) is 5.75 Å². The zero-order valence-electron chi connectivity index (χ0n) is 12.8. The van der Waals surface area contributed by atoms with Crippen molar-refractivity contribution in [2.45, 2.75) is 50.7 Å². The number of urea groups is 1. The molecule has 1 saturated heterocycles. The number of benzene rings is 1. The van der Waals surface area contributed by atoms with Gasteiger partial charge in [-0.05, 0) is 50.7 Å². The number of β-amino-alcohol motifs (C(OH)–C–C–N with tert-alkyl or cyclic N) is 1. The van der Waals surface area contributed by atoms with Gasteiger partial charge in [0.15, 0.2) is 0 Å². The van der Waals surface area contributed by atoms with Gasteiger partial charge >= 0.3 is 6.03 Å². The number of para-hydroxylation sites is 2. The van der Waals surface area contributed by atoms with E-state index < -0.39 is 6.10 Å². The molecule has 1 aliphatic heterocycles. The van der Waals surface area contributed by atoms with E-state index in [4.69, 9.17) is 4.74 Å². The van der Waals surface area contributed by atoms with Crippen LogP contribution in [0.2, 0.25) is 0 Å². The zero-order valence-corrected chi connectivity index (χ0v) is 12.8. The summed E-state index contributed by atoms with van der Waals surface area (Å²) in [6, 6.07) is 7.41. The molecule has 0 radical (unpaired) electrons. The van der Waals surface area contributed by atoms with Crippen molar-refractivity contribution in [3.05, 3.63) is 24.3 Å². The highest BCUT2D eigenvalue weighted by Gasteiger charge is 2.23. The van der Waals surface area contributed by atoms with Gasteiger partial charge in [-0.15, -0.1) is 0 Å². The van der Waals surface area contributed by atoms with Gasteiger partial charge in [0.25, 0.3) is 0 Å². The summed E-state index contributed by atoms with van der Waals surface area (Å²) in [5.41, 5.74) is 0.708. The van der Waals surface area contributed by atoms with Gasteiger partial charge in [-0.1, -0.05) is 12.1 Å². The van der Waals surface area contributed by atoms with Gasteiger partial charge in [-0.3, -0.25) is 0 Å². The maximum absolute atomic E-state index is 12.4. The first-order valence-electron chi connectivity index (χ1n) is 8.22. The minimum absolute atomic E-state index is 0.166. The monoisotopic (exact) mass is 304 g/mol. The lowest BCUT2D eigenvalue weighted by atomic mass is 10.1. The van der Waals surface area contributed by atoms with Crippen LogP contribution < -0.4 is 10.1 Å². The van der Waals surface area contributed by atoms with Crippen molar-refractivity contribution in [1.82, 2.24) is 4.90 Å². The molecular weight excluding hydrogens is 280 g/mol. The number of aliphatic hydroxyl groups is 1. The van der Waals surface area contributed by atoms with Crippen molar-refractivity contribution < 1.29 is 14.6 Å². The smallest absolute Gasteiger partial charge is 0.322 e. The predicted octanol–water partition coefficient (Wildman–Crippen LogP) is 3.00. The number of carbonyl (C=O) groups excluding carboxylic acids is 1. The van der Waals surface area contributed by atoms with Gasteiger partial charge in [0.05, 0.1) is 17.9 Å². The number of ether oxygens (including phenoxy) is 1. The first kappa shape index (κ1) is 15.2. The molecule has 2 aliphatic rings. The lowest BCUT2D eigenvalue weighted by Crippen LogP contribution is -2.44. The van der Waals surface area contributed by atoms with E-state index in [-0.39, 0.29) is 12.1 Å². The van der Waals surface area contributed by atoms with E-state index in [0.29, 0.717) is 18.8 Å². The Kier molecular flexibility index (Phi) is 4.83. The zero-order chi connectivity index (χ0) is 15.4. The van der Waals surface area contributed by atoms with Crippen LogP contribution in [0.4, 0.5) is 10.5 Å². The number of rotatable bonds is 3. The second-order valence-corrected chi connectivity index (χ2v) is 6.19. The summed E-state index contributed by atoms with van der Waals surface area (Å²) < 4.78 is 6.03. The fourth-order valence-corrected chi connectivity index (χ4v) is 3.19. The van der Waals surface area contributed by atoms with E-state index in [1.165, 1.54) is 12.8 Å². The third-order valence-corrected chi connectivity index (χ3v) is 4.41. The number of anilines is 1. The Morgan fingerprint density at radius 2 is 1.95 bits per heavy atom. The number of likely N-dealkylation sites (tertiary alicyclic amines) is 1. The second kappa shape index (κ2) is 7.01. The van der Waals surface area contributed by atoms with Crippen LogP contribution >= 0.6 is 0 Å². The number of carbonyl (C=O) groups is 1. The molecule has 2 fully saturated rings. The summed E-state index contributed by atoms with van der Waals surface area (Å²) >= 11 is 0. The number of piperidine rings is 1. The van der Waals surface area contributed by atoms with E-state index in [9.17, 15) is 9.90 Å². The maximum Gasteiger partial charge on any atom is 0.322 e. The van der Waals surface area contributed by atoms with E-state index in [1.54, 1.807) is 4.90 Å². The molecule has 22 heavy (non-hydrogen) atoms. The molecule has 2 amide bonds. The Morgan fingerprint density at radius 3 is 2.73 bits per heavy atom. The first-order chi connectivity index (χ1) is 10.7. The van der Waals surface area contributed by atoms with Crippen LogP contribution in [0.25, 0.3) is 0 Å². The number of amides is 2. The molecule has 1 aromatic rings. The predicted molar refractivity (Wildman–Crippen MR) is 85.2 cm³/mol. The van der Waals surface area contributed by atoms with Crippen LogP contribution in [0.1, 0.15) is 38.5 Å². The Hall–Kier alpha value is -1.75. The summed E-state index contributed by atoms with van der Waals surface area (Å²) in [6.45, 7) is 1.09. The molecule has 1 unspecified atom stereocenters. The molecule has 1 atom stereocenters. The second-order valence-electron chi connectivity index (χ2n) is 6.19. The summed E-state index contributed by atoms with van der Waals surface area (Å²) in [4.78, 5) is 14.0. The van der Waals surface area contributed by atoms with E-state index >= 15 is 0 Å². The van der Waals surface area contributed by atoms with Gasteiger partial charge in [0.2, 0.25) is 0 Å². The van der Waals surface area contributed by atoms with Crippen molar-refractivity contribution in [2.75, 3.05) is 18.4 Å². The van der Waals surface area contributed by atoms with Crippen LogP contribution in [0.3, 0.4) is 0 Å². The van der Waals surface area contributed by atoms with Crippen LogP contribution in [0, 0.1) is 0 Å². The van der Waals surface area contributed by atoms with Crippen LogP contribution in [0.5, 0.6) is 5.75 Å². The molecule has 5 heteroatoms. The van der Waals surface area contributed by atoms with Crippen molar-refractivity contribution in [1.29, 1.82) is 0 Å². The molecule has 1 aromatic carbocycles. The summed E-state index contributed by atoms with van der Waals surface area (Å²) in [5.74, 6) is 0.736. The average molecular weight is 304 g/mol. The number of nitrogens with zero attached hydrogens (tertiary/aromatic N) is 1. The number of aliphatic hydroxyl groups excluding tert-OH is 1. The molecule has 1 heterocycles. The largest absolute Gasteiger partial charge is 0.488 e. The highest BCUT2D eigenvalue weighted by molar-refractivity contribution is 5.91. The van der Waals surface area contributed by atoms with Gasteiger partial charge in [-0.25, -0.2) is 4.79 Å². The number of hydrogen-bond acceptors (Lipinski definition) is 3. The van der Waals surface area contributed by atoms with Crippen LogP contribution in [-0.4, -0.2) is 41.3 Å². The molecule has 1 aliphatic carbocycles. The molecule has 0 bridgehead atoms. The van der Waals surface area contributed by atoms with E-state index in [1.807, 2.05) is 24.3 Å². The van der Waals surface area contributed by atoms with Gasteiger partial charge in [0, 0.05) is 13.1 Å². The fourth-order valence-electron chi connectivity index (χ4n) is 3.19. The Morgan fingerprint density at radius 1 is 1.18 bits per heavy atom. The third kappa shape index (κ3) is 3.71. The molecule has 2 N–H and O–H groups in total. The SMILES string of the molecule is O=C(Nc1ccccc1OC1CCCC1)N1CCCC(O)C1. The van der Waals surface area contributed by atoms with E-state index in [0.717, 1.165) is 31.4 Å². The first-order valence-corrected chi connectivity index (χ1v) is 8.22. The van der Waals surface area contributed by atoms with Crippen molar-refractivity contribution in [3.63, 3.8) is 0 Å². The fraction of sp³-hybridized carbons (Fsp3) is 0.588. The number of hydrogen-bond donors (Lipinski definition) is 2. The summed E-state index contributed by atoms with van der Waals surface area (Å²) in [7, 11) is 0. The van der Waals surface area contributed by atoms with Crippen molar-refractivity contribution >= 4 is 11.7 Å². The van der Waals surface area contributed by atoms with Crippen LogP contribution in [-0.2, 0) is 0 Å². The highest BCUT2D eigenvalue weighted by Crippen LogP contribution is 2.30. The van der Waals surface area contributed by atoms with Crippen molar-refractivity contribution in [3.8, 4) is 5.75 Å². The van der Waals surface area contributed by atoms with Crippen molar-refractivity contribution in [2.24, 2.45) is 0 Å². The summed E-state index contributed by atoms with van der Waals surface area (Å²) in [6.07, 6.45) is 6.05. The molecule has 5 nitrogen and oxygen atoms in total. The standard InChI is InChI=1S/C17H24N2O3/c20-13-6-5-11-19(12-13)17(21)18-15-9-3-4-10-16(15)22-14-7-1-2-8-14/h3-4,9-10,13-14,20H,1-2,5-8,11-12H2,(H,18,21). The molecule has 120 valence electrons. The molecular formula is C17H24N2O3. The Balaban J connectivity index is 1.64. The lowest BCUT2D eigenvalue weighted by molar-refractivity contribution is 0.0883. The van der Waals surface area contributed by atoms with Gasteiger partial charge < -0.3 is 20.1 Å². The minimum atomic E-state index is -0.413. The Labute approximate surface area is 131 Å². The number of nitrogens with one attached hydrogen (secondary N) is 1. The molecule has 1 saturated carbocycles. The minimum Gasteiger partial charge on any atom is -0.488 e. The molecule has 3 rings (SSSR count). The average Bonchev–Trinajstić information content (AvgIpc) is 3.02. The lowest BCUT2D eigenvalue weighted by Gasteiger charge is -2.30. The topological polar surface area (TPSA) is 61.8 Å². The third-order valence-electron chi connectivity index (χ3n) is 4.41. The van der Waals surface area contributed by atoms with E-state index in [2.05, 4.69) is 5.32 Å². The van der Waals surface area contributed by atoms with Gasteiger partial charge in [-0.2, -0.15) is 0 Å². The van der Waals surface area contributed by atoms with Crippen LogP contribution in [0.15, 0.2) is 24.3 Å².